The number of nitrogens with zero attached hydrogens (tertiary/aromatic N) is 2. The second-order valence-corrected chi connectivity index (χ2v) is 6.42. The highest BCUT2D eigenvalue weighted by molar-refractivity contribution is 9.10. The molecule has 1 aromatic heterocycles. The van der Waals surface area contributed by atoms with Gasteiger partial charge in [0.05, 0.1) is 0 Å². The molecule has 0 N–H and O–H groups in total. The first-order valence-electron chi connectivity index (χ1n) is 4.63. The highest BCUT2D eigenvalue weighted by Gasteiger charge is 2.21. The number of aromatic nitrogens is 2. The van der Waals surface area contributed by atoms with Gasteiger partial charge in [0.1, 0.15) is 10.7 Å². The van der Waals surface area contributed by atoms with Gasteiger partial charge in [-0.25, -0.2) is 17.4 Å². The molecule has 7 heteroatoms. The average Bonchev–Trinajstić information content (AvgIpc) is 2.64. The van der Waals surface area contributed by atoms with Gasteiger partial charge >= 0.3 is 0 Å². The fourth-order valence-corrected chi connectivity index (χ4v) is 4.07. The summed E-state index contributed by atoms with van der Waals surface area (Å²) in [4.78, 5) is 4.05. The molecule has 0 bridgehead atoms. The number of hydrogen-bond acceptors (Lipinski definition) is 3. The van der Waals surface area contributed by atoms with Gasteiger partial charge in [0.15, 0.2) is 0 Å². The predicted molar refractivity (Wildman–Crippen MR) is 68.7 cm³/mol. The molecule has 2 aromatic rings. The van der Waals surface area contributed by atoms with Crippen LogP contribution in [0.1, 0.15) is 5.82 Å². The Labute approximate surface area is 112 Å². The summed E-state index contributed by atoms with van der Waals surface area (Å²) in [5.74, 6) is 0.409. The maximum atomic E-state index is 12.3. The van der Waals surface area contributed by atoms with E-state index in [1.165, 1.54) is 24.5 Å². The Morgan fingerprint density at radius 2 is 2.12 bits per heavy atom. The minimum Gasteiger partial charge on any atom is -0.241 e. The van der Waals surface area contributed by atoms with E-state index >= 15 is 0 Å². The van der Waals surface area contributed by atoms with E-state index in [1.54, 1.807) is 13.0 Å². The summed E-state index contributed by atoms with van der Waals surface area (Å²) in [6.45, 7) is 1.63. The van der Waals surface area contributed by atoms with E-state index in [4.69, 9.17) is 11.6 Å². The molecule has 1 aromatic carbocycles. The number of imidazole rings is 1. The highest BCUT2D eigenvalue weighted by atomic mass is 79.9. The van der Waals surface area contributed by atoms with Crippen LogP contribution in [0.2, 0.25) is 5.02 Å². The molecule has 0 aliphatic carbocycles. The molecular formula is C10H8BrClN2O2S. The Hall–Kier alpha value is -0.850. The smallest absolute Gasteiger partial charge is 0.241 e. The number of hydrogen-bond donors (Lipinski definition) is 0. The standard InChI is InChI=1S/C10H8BrClN2O2S/c1-7-13-4-5-14(7)17(15,16)10-3-2-8(12)6-9(10)11/h2-6H,1H3. The Morgan fingerprint density at radius 1 is 1.41 bits per heavy atom. The Kier molecular flexibility index (Phi) is 3.29. The maximum Gasteiger partial charge on any atom is 0.270 e. The van der Waals surface area contributed by atoms with Gasteiger partial charge in [0.25, 0.3) is 10.0 Å². The van der Waals surface area contributed by atoms with Crippen LogP contribution in [0.3, 0.4) is 0 Å². The van der Waals surface area contributed by atoms with Crippen molar-refractivity contribution in [3.8, 4) is 0 Å². The van der Waals surface area contributed by atoms with Gasteiger partial charge in [-0.05, 0) is 41.1 Å². The van der Waals surface area contributed by atoms with Crippen LogP contribution in [-0.2, 0) is 10.0 Å². The summed E-state index contributed by atoms with van der Waals surface area (Å²) >= 11 is 8.97. The molecule has 0 amide bonds. The van der Waals surface area contributed by atoms with E-state index < -0.39 is 10.0 Å². The van der Waals surface area contributed by atoms with Crippen LogP contribution in [0.4, 0.5) is 0 Å². The largest absolute Gasteiger partial charge is 0.270 e. The molecule has 90 valence electrons. The lowest BCUT2D eigenvalue weighted by Crippen LogP contribution is -2.14. The van der Waals surface area contributed by atoms with Gasteiger partial charge < -0.3 is 0 Å². The van der Waals surface area contributed by atoms with Crippen molar-refractivity contribution in [1.29, 1.82) is 0 Å². The van der Waals surface area contributed by atoms with E-state index in [0.29, 0.717) is 15.3 Å². The first-order chi connectivity index (χ1) is 7.93. The quantitative estimate of drug-likeness (QED) is 0.848. The fraction of sp³-hybridized carbons (Fsp3) is 0.100. The predicted octanol–water partition coefficient (Wildman–Crippen LogP) is 2.84. The van der Waals surface area contributed by atoms with Crippen LogP contribution in [-0.4, -0.2) is 17.4 Å². The molecule has 1 heterocycles. The van der Waals surface area contributed by atoms with Gasteiger partial charge in [-0.2, -0.15) is 0 Å². The molecule has 0 unspecified atom stereocenters. The molecule has 0 saturated heterocycles. The number of rotatable bonds is 2. The van der Waals surface area contributed by atoms with Crippen molar-refractivity contribution in [1.82, 2.24) is 8.96 Å². The third-order valence-electron chi connectivity index (χ3n) is 2.21. The third kappa shape index (κ3) is 2.25. The van der Waals surface area contributed by atoms with Crippen LogP contribution >= 0.6 is 27.5 Å². The summed E-state index contributed by atoms with van der Waals surface area (Å²) in [5, 5.41) is 0.471. The molecule has 0 fully saturated rings. The van der Waals surface area contributed by atoms with E-state index in [9.17, 15) is 8.42 Å². The SMILES string of the molecule is Cc1nccn1S(=O)(=O)c1ccc(Cl)cc1Br. The molecule has 0 atom stereocenters. The lowest BCUT2D eigenvalue weighted by atomic mass is 10.4. The molecule has 0 spiro atoms. The summed E-state index contributed by atoms with van der Waals surface area (Å²) in [6, 6.07) is 4.54. The van der Waals surface area contributed by atoms with Crippen molar-refractivity contribution in [3.63, 3.8) is 0 Å². The average molecular weight is 336 g/mol. The van der Waals surface area contributed by atoms with Crippen LogP contribution < -0.4 is 0 Å². The fourth-order valence-electron chi connectivity index (χ4n) is 1.41. The number of benzene rings is 1. The van der Waals surface area contributed by atoms with Gasteiger partial charge in [-0.3, -0.25) is 0 Å². The minimum atomic E-state index is -3.63. The highest BCUT2D eigenvalue weighted by Crippen LogP contribution is 2.27. The Balaban J connectivity index is 2.65. The van der Waals surface area contributed by atoms with E-state index in [2.05, 4.69) is 20.9 Å². The second-order valence-electron chi connectivity index (χ2n) is 3.35. The molecule has 4 nitrogen and oxygen atoms in total. The molecule has 0 aliphatic heterocycles. The zero-order valence-electron chi connectivity index (χ0n) is 8.76. The van der Waals surface area contributed by atoms with Crippen molar-refractivity contribution in [2.45, 2.75) is 11.8 Å². The third-order valence-corrected chi connectivity index (χ3v) is 5.18. The Morgan fingerprint density at radius 3 is 2.65 bits per heavy atom. The van der Waals surface area contributed by atoms with Crippen molar-refractivity contribution in [2.24, 2.45) is 0 Å². The first kappa shape index (κ1) is 12.6. The monoisotopic (exact) mass is 334 g/mol. The summed E-state index contributed by atoms with van der Waals surface area (Å²) in [5.41, 5.74) is 0. The number of halogens is 2. The van der Waals surface area contributed by atoms with Crippen molar-refractivity contribution < 1.29 is 8.42 Å². The first-order valence-corrected chi connectivity index (χ1v) is 7.24. The van der Waals surface area contributed by atoms with Crippen LogP contribution in [0, 0.1) is 6.92 Å². The maximum absolute atomic E-state index is 12.3. The zero-order chi connectivity index (χ0) is 12.6. The zero-order valence-corrected chi connectivity index (χ0v) is 11.9. The van der Waals surface area contributed by atoms with E-state index in [1.807, 2.05) is 0 Å². The summed E-state index contributed by atoms with van der Waals surface area (Å²) in [7, 11) is -3.63. The van der Waals surface area contributed by atoms with Gasteiger partial charge in [0, 0.05) is 21.9 Å². The minimum absolute atomic E-state index is 0.156. The van der Waals surface area contributed by atoms with Crippen molar-refractivity contribution in [2.75, 3.05) is 0 Å². The van der Waals surface area contributed by atoms with E-state index in [-0.39, 0.29) is 4.90 Å². The van der Waals surface area contributed by atoms with Crippen LogP contribution in [0.25, 0.3) is 0 Å². The lowest BCUT2D eigenvalue weighted by molar-refractivity contribution is 0.585. The molecule has 2 rings (SSSR count). The lowest BCUT2D eigenvalue weighted by Gasteiger charge is -2.09. The summed E-state index contributed by atoms with van der Waals surface area (Å²) in [6.07, 6.45) is 2.85. The topological polar surface area (TPSA) is 52.0 Å². The Bertz CT molecular complexity index is 667. The molecule has 0 aliphatic rings. The van der Waals surface area contributed by atoms with Crippen LogP contribution in [0.15, 0.2) is 40.0 Å². The molecule has 17 heavy (non-hydrogen) atoms. The van der Waals surface area contributed by atoms with Gasteiger partial charge in [-0.1, -0.05) is 11.6 Å². The van der Waals surface area contributed by atoms with Crippen LogP contribution in [0.5, 0.6) is 0 Å². The molecule has 0 radical (unpaired) electrons. The van der Waals surface area contributed by atoms with Crippen molar-refractivity contribution in [3.05, 3.63) is 45.9 Å². The number of aryl methyl sites for hydroxylation is 1. The molecular weight excluding hydrogens is 328 g/mol. The second kappa shape index (κ2) is 4.44. The van der Waals surface area contributed by atoms with Gasteiger partial charge in [0.2, 0.25) is 0 Å². The normalized spacial score (nSPS) is 11.7. The van der Waals surface area contributed by atoms with E-state index in [0.717, 1.165) is 3.97 Å². The summed E-state index contributed by atoms with van der Waals surface area (Å²) < 4.78 is 26.2. The van der Waals surface area contributed by atoms with Crippen molar-refractivity contribution >= 4 is 37.6 Å². The van der Waals surface area contributed by atoms with Gasteiger partial charge in [-0.15, -0.1) is 0 Å². The molecule has 0 saturated carbocycles.